The fourth-order valence-electron chi connectivity index (χ4n) is 4.30. The smallest absolute Gasteiger partial charge is 0.115 e. The molecule has 0 aromatic heterocycles. The summed E-state index contributed by atoms with van der Waals surface area (Å²) in [6, 6.07) is 17.4. The molecular formula is C27H34O2SiTi. The van der Waals surface area contributed by atoms with Gasteiger partial charge in [0.25, 0.3) is 0 Å². The topological polar surface area (TPSA) is 40.5 Å². The van der Waals surface area contributed by atoms with E-state index in [4.69, 9.17) is 10.2 Å². The summed E-state index contributed by atoms with van der Waals surface area (Å²) in [6.07, 6.45) is 16.3. The Hall–Kier alpha value is -2.20. The summed E-state index contributed by atoms with van der Waals surface area (Å²) in [5.74, 6) is 0.644. The van der Waals surface area contributed by atoms with Crippen molar-refractivity contribution >= 4 is 10.00 Å². The monoisotopic (exact) mass is 466 g/mol. The molecule has 2 aromatic carbocycles. The number of hydrogen-bond donors (Lipinski definition) is 2. The Morgan fingerprint density at radius 3 is 1.29 bits per heavy atom. The quantitative estimate of drug-likeness (QED) is 0.465. The maximum atomic E-state index is 8.63. The number of benzene rings is 2. The molecule has 0 fully saturated rings. The predicted molar refractivity (Wildman–Crippen MR) is 134 cm³/mol. The van der Waals surface area contributed by atoms with Crippen LogP contribution in [-0.2, 0) is 14.9 Å². The molecule has 0 radical (unpaired) electrons. The van der Waals surface area contributed by atoms with Gasteiger partial charge in [0.15, 0.2) is 0 Å². The fraction of sp³-hybridized carbons (Fsp3) is 0.222. The van der Waals surface area contributed by atoms with Gasteiger partial charge in [-0.05, 0) is 24.3 Å². The number of rotatable bonds is 2. The van der Waals surface area contributed by atoms with Gasteiger partial charge in [-0.15, -0.1) is 0 Å². The molecule has 0 spiro atoms. The zero-order valence-electron chi connectivity index (χ0n) is 19.0. The summed E-state index contributed by atoms with van der Waals surface area (Å²) in [5, 5.41) is 17.3. The maximum Gasteiger partial charge on any atom is 0.115 e. The van der Waals surface area contributed by atoms with Gasteiger partial charge >= 0.3 is 109 Å². The second kappa shape index (κ2) is 12.6. The van der Waals surface area contributed by atoms with Crippen molar-refractivity contribution in [3.63, 3.8) is 0 Å². The zero-order chi connectivity index (χ0) is 22.7. The number of hydrogen-bond acceptors (Lipinski definition) is 2. The second-order valence-electron chi connectivity index (χ2n) is 8.07. The third kappa shape index (κ3) is 6.90. The van der Waals surface area contributed by atoms with Gasteiger partial charge in [0.1, 0.15) is 11.5 Å². The number of phenols is 2. The van der Waals surface area contributed by atoms with Crippen LogP contribution in [0.2, 0.25) is 13.1 Å². The Morgan fingerprint density at radius 2 is 1.10 bits per heavy atom. The first-order valence-electron chi connectivity index (χ1n) is 10.7. The third-order valence-corrected chi connectivity index (χ3v) is 25.3. The first-order chi connectivity index (χ1) is 14.9. The minimum absolute atomic E-state index is 0.264. The van der Waals surface area contributed by atoms with Crippen molar-refractivity contribution in [3.05, 3.63) is 105 Å². The predicted octanol–water partition coefficient (Wildman–Crippen LogP) is 7.08. The molecule has 31 heavy (non-hydrogen) atoms. The van der Waals surface area contributed by atoms with Crippen LogP contribution in [0.3, 0.4) is 0 Å². The van der Waals surface area contributed by atoms with Crippen LogP contribution in [0, 0.1) is 0 Å². The Kier molecular flexibility index (Phi) is 10.2. The molecule has 0 unspecified atom stereocenters. The van der Waals surface area contributed by atoms with Crippen molar-refractivity contribution in [3.8, 4) is 11.5 Å². The summed E-state index contributed by atoms with van der Waals surface area (Å²) >= 11 is -2.08. The molecule has 2 aliphatic rings. The summed E-state index contributed by atoms with van der Waals surface area (Å²) < 4.78 is 5.37. The van der Waals surface area contributed by atoms with Crippen molar-refractivity contribution in [2.75, 3.05) is 0 Å². The van der Waals surface area contributed by atoms with E-state index in [1.807, 2.05) is 12.1 Å². The SMILES string of the molecule is C[C](C)=[Ti]([C]1=CC=CC1)([C]1=CC=CC1)=[Si](C)C.Oc1ccccc1.Oc1ccccc1. The van der Waals surface area contributed by atoms with Crippen molar-refractivity contribution in [2.24, 2.45) is 0 Å². The Balaban J connectivity index is 0.000000199. The van der Waals surface area contributed by atoms with Crippen molar-refractivity contribution in [2.45, 2.75) is 39.8 Å². The van der Waals surface area contributed by atoms with Crippen molar-refractivity contribution < 1.29 is 25.1 Å². The molecule has 0 saturated heterocycles. The largest absolute Gasteiger partial charge is 0.508 e. The summed E-state index contributed by atoms with van der Waals surface area (Å²) in [5.41, 5.74) is 0. The van der Waals surface area contributed by atoms with E-state index in [0.29, 0.717) is 11.5 Å². The molecule has 0 heterocycles. The molecule has 0 aliphatic heterocycles. The van der Waals surface area contributed by atoms with E-state index in [1.165, 1.54) is 12.8 Å². The van der Waals surface area contributed by atoms with Crippen LogP contribution < -0.4 is 0 Å². The van der Waals surface area contributed by atoms with Gasteiger partial charge in [-0.25, -0.2) is 0 Å². The standard InChI is InChI=1S/2C6H6O.2C5H5.C3H6.C2H6Si.Ti/c2*7-6-4-2-1-3-5-6;2*1-2-4-5-3-1;2*1-3-2;/h2*1-5,7H;2*1-3H,4H2;2*1-2H3;. The molecule has 2 aliphatic carbocycles. The van der Waals surface area contributed by atoms with Crippen LogP contribution in [0.5, 0.6) is 11.5 Å². The average Bonchev–Trinajstić information content (AvgIpc) is 3.46. The number of phenolic OH excluding ortho intramolecular Hbond substituents is 2. The summed E-state index contributed by atoms with van der Waals surface area (Å²) in [7, 11) is 0. The van der Waals surface area contributed by atoms with Crippen LogP contribution >= 0.6 is 0 Å². The summed E-state index contributed by atoms with van der Waals surface area (Å²) in [4.78, 5) is 0. The van der Waals surface area contributed by atoms with E-state index in [-0.39, 0.29) is 6.19 Å². The van der Waals surface area contributed by atoms with E-state index in [9.17, 15) is 0 Å². The van der Waals surface area contributed by atoms with E-state index in [1.54, 1.807) is 60.1 Å². The van der Waals surface area contributed by atoms with Gasteiger partial charge < -0.3 is 10.2 Å². The molecule has 2 nitrogen and oxygen atoms in total. The molecule has 4 heteroatoms. The zero-order valence-corrected chi connectivity index (χ0v) is 21.6. The molecule has 4 rings (SSSR count). The molecule has 2 aromatic rings. The van der Waals surface area contributed by atoms with Crippen LogP contribution in [0.4, 0.5) is 0 Å². The van der Waals surface area contributed by atoms with Gasteiger partial charge in [-0.2, -0.15) is 0 Å². The minimum atomic E-state index is -2.08. The van der Waals surface area contributed by atoms with Crippen LogP contribution in [0.15, 0.2) is 105 Å². The van der Waals surface area contributed by atoms with E-state index in [0.717, 1.165) is 0 Å². The molecule has 0 bridgehead atoms. The molecular weight excluding hydrogens is 432 g/mol. The van der Waals surface area contributed by atoms with Crippen LogP contribution in [-0.4, -0.2) is 20.2 Å². The number of allylic oxidation sites excluding steroid dienone is 8. The normalized spacial score (nSPS) is 13.4. The molecule has 0 amide bonds. The summed E-state index contributed by atoms with van der Waals surface area (Å²) in [6.45, 7) is 9.87. The van der Waals surface area contributed by atoms with Gasteiger partial charge in [0.05, 0.1) is 0 Å². The van der Waals surface area contributed by atoms with E-state index in [2.05, 4.69) is 63.4 Å². The number of aromatic hydroxyl groups is 2. The second-order valence-corrected chi connectivity index (χ2v) is 23.8. The Morgan fingerprint density at radius 1 is 0.710 bits per heavy atom. The van der Waals surface area contributed by atoms with Crippen molar-refractivity contribution in [1.82, 2.24) is 0 Å². The first-order valence-corrected chi connectivity index (χ1v) is 17.9. The van der Waals surface area contributed by atoms with E-state index >= 15 is 0 Å². The average molecular weight is 467 g/mol. The number of para-hydroxylation sites is 2. The van der Waals surface area contributed by atoms with Crippen molar-refractivity contribution in [1.29, 1.82) is 0 Å². The van der Waals surface area contributed by atoms with Gasteiger partial charge in [0.2, 0.25) is 0 Å². The van der Waals surface area contributed by atoms with Gasteiger partial charge in [-0.3, -0.25) is 0 Å². The maximum absolute atomic E-state index is 8.63. The Bertz CT molecular complexity index is 997. The third-order valence-electron chi connectivity index (χ3n) is 5.52. The van der Waals surface area contributed by atoms with Crippen LogP contribution in [0.25, 0.3) is 0 Å². The molecule has 0 atom stereocenters. The van der Waals surface area contributed by atoms with Crippen LogP contribution in [0.1, 0.15) is 26.7 Å². The Labute approximate surface area is 190 Å². The molecule has 2 N–H and O–H groups in total. The van der Waals surface area contributed by atoms with E-state index < -0.39 is 14.9 Å². The van der Waals surface area contributed by atoms with Gasteiger partial charge in [-0.1, -0.05) is 36.4 Å². The first kappa shape index (κ1) is 25.1. The fourth-order valence-corrected chi connectivity index (χ4v) is 23.9. The minimum Gasteiger partial charge on any atom is -0.508 e. The molecule has 162 valence electrons. The molecule has 0 saturated carbocycles. The van der Waals surface area contributed by atoms with Gasteiger partial charge in [0, 0.05) is 0 Å².